The topological polar surface area (TPSA) is 6.48 Å². The lowest BCUT2D eigenvalue weighted by Gasteiger charge is -2.38. The average molecular weight is 297 g/mol. The summed E-state index contributed by atoms with van der Waals surface area (Å²) >= 11 is 3.62. The van der Waals surface area contributed by atoms with E-state index in [1.54, 1.807) is 0 Å². The number of fused-ring (bicyclic) bond motifs is 1. The lowest BCUT2D eigenvalue weighted by Crippen LogP contribution is -2.41. The van der Waals surface area contributed by atoms with Crippen LogP contribution in [0.1, 0.15) is 13.3 Å². The second-order valence-corrected chi connectivity index (χ2v) is 5.43. The summed E-state index contributed by atoms with van der Waals surface area (Å²) in [6.07, 6.45) is 1.24. The van der Waals surface area contributed by atoms with Gasteiger partial charge in [-0.25, -0.2) is 0 Å². The number of likely N-dealkylation sites (N-methyl/N-ethyl adjacent to an activating group) is 1. The van der Waals surface area contributed by atoms with Crippen molar-refractivity contribution in [1.29, 1.82) is 0 Å². The molecular formula is C14H21BrN2. The number of hydrogen-bond acceptors (Lipinski definition) is 2. The molecule has 0 aliphatic carbocycles. The van der Waals surface area contributed by atoms with Crippen LogP contribution in [0.5, 0.6) is 0 Å². The Labute approximate surface area is 113 Å². The largest absolute Gasteiger partial charge is 0.371 e. The molecular weight excluding hydrogens is 276 g/mol. The maximum absolute atomic E-state index is 3.62. The van der Waals surface area contributed by atoms with Gasteiger partial charge in [0, 0.05) is 32.0 Å². The van der Waals surface area contributed by atoms with Gasteiger partial charge in [0.1, 0.15) is 0 Å². The number of hydrogen-bond donors (Lipinski definition) is 0. The Morgan fingerprint density at radius 3 is 2.59 bits per heavy atom. The predicted octanol–water partition coefficient (Wildman–Crippen LogP) is 3.36. The number of alkyl halides is 1. The zero-order chi connectivity index (χ0) is 12.3. The molecule has 1 aromatic rings. The maximum atomic E-state index is 3.62. The van der Waals surface area contributed by atoms with Gasteiger partial charge in [-0.3, -0.25) is 0 Å². The molecule has 0 fully saturated rings. The predicted molar refractivity (Wildman–Crippen MR) is 79.5 cm³/mol. The normalized spacial score (nSPS) is 16.9. The zero-order valence-electron chi connectivity index (χ0n) is 10.7. The molecule has 2 nitrogen and oxygen atoms in total. The smallest absolute Gasteiger partial charge is 0.0604 e. The van der Waals surface area contributed by atoms with Crippen molar-refractivity contribution in [2.24, 2.45) is 5.92 Å². The van der Waals surface area contributed by atoms with Gasteiger partial charge in [0.2, 0.25) is 0 Å². The van der Waals surface area contributed by atoms with E-state index in [0.29, 0.717) is 0 Å². The molecule has 2 rings (SSSR count). The molecule has 0 saturated heterocycles. The molecule has 1 atom stereocenters. The number of para-hydroxylation sites is 2. The van der Waals surface area contributed by atoms with E-state index >= 15 is 0 Å². The second kappa shape index (κ2) is 5.76. The molecule has 94 valence electrons. The van der Waals surface area contributed by atoms with Gasteiger partial charge >= 0.3 is 0 Å². The summed E-state index contributed by atoms with van der Waals surface area (Å²) in [5.41, 5.74) is 2.75. The molecule has 17 heavy (non-hydrogen) atoms. The van der Waals surface area contributed by atoms with Crippen molar-refractivity contribution < 1.29 is 0 Å². The highest BCUT2D eigenvalue weighted by molar-refractivity contribution is 9.09. The van der Waals surface area contributed by atoms with Crippen molar-refractivity contribution in [2.45, 2.75) is 13.3 Å². The van der Waals surface area contributed by atoms with Crippen LogP contribution in [0.3, 0.4) is 0 Å². The van der Waals surface area contributed by atoms with Crippen LogP contribution in [0.2, 0.25) is 0 Å². The molecule has 1 unspecified atom stereocenters. The van der Waals surface area contributed by atoms with E-state index in [1.165, 1.54) is 17.8 Å². The van der Waals surface area contributed by atoms with E-state index in [-0.39, 0.29) is 0 Å². The van der Waals surface area contributed by atoms with Gasteiger partial charge in [0.15, 0.2) is 0 Å². The molecule has 0 bridgehead atoms. The molecule has 1 aliphatic rings. The van der Waals surface area contributed by atoms with Gasteiger partial charge in [0.05, 0.1) is 11.4 Å². The lowest BCUT2D eigenvalue weighted by molar-refractivity contribution is 0.549. The summed E-state index contributed by atoms with van der Waals surface area (Å²) in [6.45, 7) is 5.69. The summed E-state index contributed by atoms with van der Waals surface area (Å²) in [6, 6.07) is 8.73. The minimum atomic E-state index is 0.742. The van der Waals surface area contributed by atoms with Crippen molar-refractivity contribution in [2.75, 3.05) is 41.8 Å². The summed E-state index contributed by atoms with van der Waals surface area (Å²) in [4.78, 5) is 4.88. The molecule has 0 aromatic heterocycles. The Morgan fingerprint density at radius 2 is 1.94 bits per heavy atom. The third kappa shape index (κ3) is 2.76. The SMILES string of the molecule is CCC(CBr)CN1CCN(C)c2ccccc21. The Kier molecular flexibility index (Phi) is 4.32. The van der Waals surface area contributed by atoms with Crippen LogP contribution >= 0.6 is 15.9 Å². The van der Waals surface area contributed by atoms with E-state index in [0.717, 1.165) is 30.9 Å². The average Bonchev–Trinajstić information content (AvgIpc) is 2.38. The standard InChI is InChI=1S/C14H21BrN2/c1-3-12(10-15)11-17-9-8-16(2)13-6-4-5-7-14(13)17/h4-7,12H,3,8-11H2,1-2H3. The van der Waals surface area contributed by atoms with Crippen molar-refractivity contribution in [3.8, 4) is 0 Å². The number of rotatable bonds is 4. The molecule has 0 radical (unpaired) electrons. The van der Waals surface area contributed by atoms with Crippen molar-refractivity contribution >= 4 is 27.3 Å². The first-order chi connectivity index (χ1) is 8.26. The van der Waals surface area contributed by atoms with Crippen LogP contribution in [-0.4, -0.2) is 32.0 Å². The molecule has 0 N–H and O–H groups in total. The first-order valence-electron chi connectivity index (χ1n) is 6.37. The van der Waals surface area contributed by atoms with Gasteiger partial charge < -0.3 is 9.80 Å². The lowest BCUT2D eigenvalue weighted by atomic mass is 10.1. The third-order valence-corrected chi connectivity index (χ3v) is 4.53. The zero-order valence-corrected chi connectivity index (χ0v) is 12.3. The molecule has 1 aliphatic heterocycles. The minimum Gasteiger partial charge on any atom is -0.371 e. The number of nitrogens with zero attached hydrogens (tertiary/aromatic N) is 2. The molecule has 0 spiro atoms. The molecule has 1 heterocycles. The Morgan fingerprint density at radius 1 is 1.24 bits per heavy atom. The fourth-order valence-electron chi connectivity index (χ4n) is 2.35. The third-order valence-electron chi connectivity index (χ3n) is 3.61. The van der Waals surface area contributed by atoms with Gasteiger partial charge in [-0.1, -0.05) is 41.4 Å². The first-order valence-corrected chi connectivity index (χ1v) is 7.49. The number of halogens is 1. The minimum absolute atomic E-state index is 0.742. The van der Waals surface area contributed by atoms with Crippen LogP contribution < -0.4 is 9.80 Å². The summed E-state index contributed by atoms with van der Waals surface area (Å²) in [5.74, 6) is 0.742. The fourth-order valence-corrected chi connectivity index (χ4v) is 3.02. The van der Waals surface area contributed by atoms with E-state index in [4.69, 9.17) is 0 Å². The Bertz CT molecular complexity index is 363. The molecule has 1 aromatic carbocycles. The van der Waals surface area contributed by atoms with Gasteiger partial charge in [-0.05, 0) is 18.1 Å². The Balaban J connectivity index is 2.18. The fraction of sp³-hybridized carbons (Fsp3) is 0.571. The molecule has 0 amide bonds. The number of anilines is 2. The second-order valence-electron chi connectivity index (χ2n) is 4.78. The van der Waals surface area contributed by atoms with E-state index in [2.05, 4.69) is 64.0 Å². The summed E-state index contributed by atoms with van der Waals surface area (Å²) in [7, 11) is 2.18. The summed E-state index contributed by atoms with van der Waals surface area (Å²) in [5, 5.41) is 1.10. The maximum Gasteiger partial charge on any atom is 0.0604 e. The van der Waals surface area contributed by atoms with Gasteiger partial charge in [0.25, 0.3) is 0 Å². The molecule has 0 saturated carbocycles. The van der Waals surface area contributed by atoms with E-state index in [1.807, 2.05) is 0 Å². The van der Waals surface area contributed by atoms with Crippen molar-refractivity contribution in [3.05, 3.63) is 24.3 Å². The molecule has 3 heteroatoms. The van der Waals surface area contributed by atoms with Gasteiger partial charge in [-0.2, -0.15) is 0 Å². The van der Waals surface area contributed by atoms with Crippen LogP contribution in [-0.2, 0) is 0 Å². The van der Waals surface area contributed by atoms with Crippen LogP contribution in [0.15, 0.2) is 24.3 Å². The van der Waals surface area contributed by atoms with Crippen LogP contribution in [0.25, 0.3) is 0 Å². The highest BCUT2D eigenvalue weighted by Crippen LogP contribution is 2.32. The number of benzene rings is 1. The first kappa shape index (κ1) is 12.7. The van der Waals surface area contributed by atoms with Crippen molar-refractivity contribution in [1.82, 2.24) is 0 Å². The highest BCUT2D eigenvalue weighted by atomic mass is 79.9. The van der Waals surface area contributed by atoms with E-state index < -0.39 is 0 Å². The van der Waals surface area contributed by atoms with Crippen LogP contribution in [0, 0.1) is 5.92 Å². The summed E-state index contributed by atoms with van der Waals surface area (Å²) < 4.78 is 0. The van der Waals surface area contributed by atoms with Crippen LogP contribution in [0.4, 0.5) is 11.4 Å². The highest BCUT2D eigenvalue weighted by Gasteiger charge is 2.21. The quantitative estimate of drug-likeness (QED) is 0.786. The Hall–Kier alpha value is -0.700. The van der Waals surface area contributed by atoms with Gasteiger partial charge in [-0.15, -0.1) is 0 Å². The monoisotopic (exact) mass is 296 g/mol. The van der Waals surface area contributed by atoms with Crippen molar-refractivity contribution in [3.63, 3.8) is 0 Å². The van der Waals surface area contributed by atoms with E-state index in [9.17, 15) is 0 Å².